The van der Waals surface area contributed by atoms with Crippen molar-refractivity contribution >= 4 is 29.3 Å². The standard InChI is InChI=1S/C26H34FN9O/c1-16-9-22(30-23-11-17(2)32-33-23)31-25(10-16)34-7-8-36(18(3)13-34)26(37)29-19(4)20-5-6-24(28-12-20)35-14-21(27)15-35/h5-6,9-12,18-19,21H,7-8,13-15H2,1-4H3,(H,29,37)(H2,30,31,32,33)/t18-,19-/m0/s1. The zero-order valence-electron chi connectivity index (χ0n) is 21.7. The van der Waals surface area contributed by atoms with E-state index in [1.165, 1.54) is 0 Å². The molecule has 0 aliphatic carbocycles. The number of aromatic amines is 1. The second kappa shape index (κ2) is 10.2. The molecule has 2 aliphatic rings. The Kier molecular flexibility index (Phi) is 6.86. The summed E-state index contributed by atoms with van der Waals surface area (Å²) in [4.78, 5) is 28.3. The SMILES string of the molecule is Cc1cc(Nc2cc(C)[nH]n2)nc(N2CCN(C(=O)N[C@@H](C)c3ccc(N4CC(F)C4)nc3)[C@@H](C)C2)c1. The minimum absolute atomic E-state index is 0.00854. The number of rotatable bonds is 6. The van der Waals surface area contributed by atoms with Crippen LogP contribution in [0.15, 0.2) is 36.5 Å². The number of carbonyl (C=O) groups is 1. The van der Waals surface area contributed by atoms with Gasteiger partial charge < -0.3 is 25.3 Å². The third-order valence-electron chi connectivity index (χ3n) is 6.90. The number of pyridine rings is 2. The van der Waals surface area contributed by atoms with E-state index in [1.54, 1.807) is 6.20 Å². The number of aromatic nitrogens is 4. The maximum Gasteiger partial charge on any atom is 0.318 e. The second-order valence-electron chi connectivity index (χ2n) is 10.1. The summed E-state index contributed by atoms with van der Waals surface area (Å²) >= 11 is 0. The molecule has 10 nitrogen and oxygen atoms in total. The number of urea groups is 1. The Balaban J connectivity index is 1.17. The second-order valence-corrected chi connectivity index (χ2v) is 10.1. The van der Waals surface area contributed by atoms with E-state index in [2.05, 4.69) is 43.7 Å². The molecule has 37 heavy (non-hydrogen) atoms. The number of alkyl halides is 1. The third kappa shape index (κ3) is 5.60. The first-order valence-corrected chi connectivity index (χ1v) is 12.7. The maximum atomic E-state index is 13.1. The smallest absolute Gasteiger partial charge is 0.318 e. The fraction of sp³-hybridized carbons (Fsp3) is 0.462. The summed E-state index contributed by atoms with van der Waals surface area (Å²) in [5.41, 5.74) is 2.99. The van der Waals surface area contributed by atoms with Crippen LogP contribution in [0.1, 0.15) is 36.7 Å². The summed E-state index contributed by atoms with van der Waals surface area (Å²) in [7, 11) is 0. The van der Waals surface area contributed by atoms with Crippen molar-refractivity contribution < 1.29 is 9.18 Å². The van der Waals surface area contributed by atoms with Gasteiger partial charge in [0.15, 0.2) is 5.82 Å². The molecule has 3 aromatic rings. The summed E-state index contributed by atoms with van der Waals surface area (Å²) in [5, 5.41) is 13.5. The Labute approximate surface area is 216 Å². The van der Waals surface area contributed by atoms with Gasteiger partial charge in [-0.05, 0) is 57.0 Å². The molecule has 11 heteroatoms. The van der Waals surface area contributed by atoms with Crippen LogP contribution in [0.2, 0.25) is 0 Å². The fourth-order valence-electron chi connectivity index (χ4n) is 4.76. The molecule has 2 atom stereocenters. The molecule has 2 amide bonds. The number of halogens is 1. The van der Waals surface area contributed by atoms with E-state index >= 15 is 0 Å². The van der Waals surface area contributed by atoms with Crippen LogP contribution in [0.4, 0.5) is 32.5 Å². The molecule has 196 valence electrons. The van der Waals surface area contributed by atoms with Gasteiger partial charge in [0.1, 0.15) is 23.6 Å². The number of nitrogens with one attached hydrogen (secondary N) is 3. The Hall–Kier alpha value is -3.89. The number of nitrogens with zero attached hydrogens (tertiary/aromatic N) is 6. The first-order chi connectivity index (χ1) is 17.7. The number of hydrogen-bond acceptors (Lipinski definition) is 7. The highest BCUT2D eigenvalue weighted by Gasteiger charge is 2.30. The molecular weight excluding hydrogens is 473 g/mol. The van der Waals surface area contributed by atoms with Crippen molar-refractivity contribution in [1.82, 2.24) is 30.4 Å². The first-order valence-electron chi connectivity index (χ1n) is 12.7. The van der Waals surface area contributed by atoms with Crippen molar-refractivity contribution in [2.45, 2.75) is 46.0 Å². The van der Waals surface area contributed by atoms with Crippen LogP contribution in [0.3, 0.4) is 0 Å². The molecule has 0 spiro atoms. The van der Waals surface area contributed by atoms with Crippen molar-refractivity contribution in [3.05, 3.63) is 53.3 Å². The average molecular weight is 508 g/mol. The Morgan fingerprint density at radius 2 is 1.89 bits per heavy atom. The predicted molar refractivity (Wildman–Crippen MR) is 142 cm³/mol. The lowest BCUT2D eigenvalue weighted by atomic mass is 10.1. The minimum Gasteiger partial charge on any atom is -0.353 e. The Bertz CT molecular complexity index is 1240. The summed E-state index contributed by atoms with van der Waals surface area (Å²) in [6, 6.07) is 9.54. The van der Waals surface area contributed by atoms with Crippen molar-refractivity contribution in [3.63, 3.8) is 0 Å². The predicted octanol–water partition coefficient (Wildman–Crippen LogP) is 3.70. The van der Waals surface area contributed by atoms with Crippen molar-refractivity contribution in [1.29, 1.82) is 0 Å². The highest BCUT2D eigenvalue weighted by atomic mass is 19.1. The summed E-state index contributed by atoms with van der Waals surface area (Å²) in [6.45, 7) is 10.7. The number of hydrogen-bond donors (Lipinski definition) is 3. The molecule has 0 radical (unpaired) electrons. The zero-order valence-corrected chi connectivity index (χ0v) is 21.7. The third-order valence-corrected chi connectivity index (χ3v) is 6.90. The fourth-order valence-corrected chi connectivity index (χ4v) is 4.76. The summed E-state index contributed by atoms with van der Waals surface area (Å²) < 4.78 is 13.1. The van der Waals surface area contributed by atoms with E-state index in [0.29, 0.717) is 32.7 Å². The van der Waals surface area contributed by atoms with E-state index in [1.807, 2.05) is 54.8 Å². The van der Waals surface area contributed by atoms with Gasteiger partial charge in [-0.15, -0.1) is 0 Å². The molecule has 0 saturated carbocycles. The highest BCUT2D eigenvalue weighted by molar-refractivity contribution is 5.75. The lowest BCUT2D eigenvalue weighted by Crippen LogP contribution is -2.57. The Morgan fingerprint density at radius 1 is 1.08 bits per heavy atom. The maximum absolute atomic E-state index is 13.1. The molecule has 5 heterocycles. The molecule has 0 unspecified atom stereocenters. The monoisotopic (exact) mass is 507 g/mol. The van der Waals surface area contributed by atoms with Crippen molar-refractivity contribution in [2.75, 3.05) is 47.8 Å². The van der Waals surface area contributed by atoms with E-state index in [9.17, 15) is 9.18 Å². The van der Waals surface area contributed by atoms with Gasteiger partial charge in [-0.3, -0.25) is 5.10 Å². The molecule has 2 aliphatic heterocycles. The van der Waals surface area contributed by atoms with E-state index in [4.69, 9.17) is 4.98 Å². The largest absolute Gasteiger partial charge is 0.353 e. The number of amides is 2. The number of carbonyl (C=O) groups excluding carboxylic acids is 1. The molecule has 0 aromatic carbocycles. The van der Waals surface area contributed by atoms with Crippen LogP contribution in [0, 0.1) is 13.8 Å². The highest BCUT2D eigenvalue weighted by Crippen LogP contribution is 2.24. The van der Waals surface area contributed by atoms with Gasteiger partial charge in [0, 0.05) is 43.6 Å². The molecule has 3 N–H and O–H groups in total. The van der Waals surface area contributed by atoms with Crippen LogP contribution < -0.4 is 20.4 Å². The molecular formula is C26H34FN9O. The molecule has 0 bridgehead atoms. The number of anilines is 4. The molecule has 2 saturated heterocycles. The van der Waals surface area contributed by atoms with E-state index in [-0.39, 0.29) is 18.1 Å². The molecule has 2 fully saturated rings. The number of aryl methyl sites for hydroxylation is 2. The first kappa shape index (κ1) is 24.8. The normalized spacial score (nSPS) is 18.9. The lowest BCUT2D eigenvalue weighted by molar-refractivity contribution is 0.168. The van der Waals surface area contributed by atoms with E-state index < -0.39 is 6.17 Å². The lowest BCUT2D eigenvalue weighted by Gasteiger charge is -2.41. The van der Waals surface area contributed by atoms with Gasteiger partial charge in [-0.1, -0.05) is 6.07 Å². The van der Waals surface area contributed by atoms with E-state index in [0.717, 1.165) is 40.1 Å². The average Bonchev–Trinajstić information content (AvgIpc) is 3.25. The quantitative estimate of drug-likeness (QED) is 0.467. The van der Waals surface area contributed by atoms with Crippen LogP contribution in [0.5, 0.6) is 0 Å². The Morgan fingerprint density at radius 3 is 2.54 bits per heavy atom. The zero-order chi connectivity index (χ0) is 26.1. The molecule has 3 aromatic heterocycles. The minimum atomic E-state index is -0.770. The van der Waals surface area contributed by atoms with Crippen LogP contribution >= 0.6 is 0 Å². The van der Waals surface area contributed by atoms with Crippen molar-refractivity contribution in [2.24, 2.45) is 0 Å². The molecule has 5 rings (SSSR count). The van der Waals surface area contributed by atoms with Crippen LogP contribution in [-0.2, 0) is 0 Å². The number of piperazine rings is 1. The van der Waals surface area contributed by atoms with Crippen LogP contribution in [-0.4, -0.2) is 76.0 Å². The summed E-state index contributed by atoms with van der Waals surface area (Å²) in [6.07, 6.45) is 0.987. The summed E-state index contributed by atoms with van der Waals surface area (Å²) in [5.74, 6) is 3.11. The van der Waals surface area contributed by atoms with Gasteiger partial charge in [0.05, 0.1) is 19.1 Å². The topological polar surface area (TPSA) is 105 Å². The van der Waals surface area contributed by atoms with Gasteiger partial charge in [0.25, 0.3) is 0 Å². The van der Waals surface area contributed by atoms with Gasteiger partial charge >= 0.3 is 6.03 Å². The van der Waals surface area contributed by atoms with Crippen LogP contribution in [0.25, 0.3) is 0 Å². The number of H-pyrrole nitrogens is 1. The van der Waals surface area contributed by atoms with Gasteiger partial charge in [-0.2, -0.15) is 5.10 Å². The van der Waals surface area contributed by atoms with Crippen molar-refractivity contribution in [3.8, 4) is 0 Å². The van der Waals surface area contributed by atoms with Gasteiger partial charge in [-0.25, -0.2) is 19.2 Å². The van der Waals surface area contributed by atoms with Gasteiger partial charge in [0.2, 0.25) is 0 Å².